The van der Waals surface area contributed by atoms with Crippen molar-refractivity contribution in [1.82, 2.24) is 19.1 Å². The first-order chi connectivity index (χ1) is 19.5. The molecular weight excluding hydrogens is 516 g/mol. The molecule has 0 N–H and O–H groups in total. The van der Waals surface area contributed by atoms with Crippen LogP contribution >= 0.6 is 12.2 Å². The van der Waals surface area contributed by atoms with Gasteiger partial charge in [0.25, 0.3) is 0 Å². The van der Waals surface area contributed by atoms with Crippen molar-refractivity contribution in [3.8, 4) is 11.3 Å². The molecule has 6 nitrogen and oxygen atoms in total. The fraction of sp³-hybridized carbons (Fsp3) is 0.394. The minimum Gasteiger partial charge on any atom is -0.339 e. The molecule has 1 aliphatic carbocycles. The number of hydrogen-bond donors (Lipinski definition) is 0. The fourth-order valence-corrected chi connectivity index (χ4v) is 6.62. The molecule has 1 aliphatic heterocycles. The van der Waals surface area contributed by atoms with Crippen LogP contribution < -0.4 is 4.84 Å². The summed E-state index contributed by atoms with van der Waals surface area (Å²) in [5.74, 6) is 0.128. The van der Waals surface area contributed by atoms with E-state index < -0.39 is 5.97 Å². The second kappa shape index (κ2) is 11.7. The van der Waals surface area contributed by atoms with Gasteiger partial charge in [-0.25, -0.2) is 4.79 Å². The number of carbonyl (C=O) groups excluding carboxylic acids is 1. The van der Waals surface area contributed by atoms with E-state index in [4.69, 9.17) is 17.1 Å². The molecule has 2 aromatic heterocycles. The van der Waals surface area contributed by atoms with Crippen molar-refractivity contribution in [2.24, 2.45) is 0 Å². The first kappa shape index (κ1) is 26.9. The van der Waals surface area contributed by atoms with Crippen LogP contribution in [0.2, 0.25) is 0 Å². The average molecular weight is 555 g/mol. The molecule has 0 unspecified atom stereocenters. The normalized spacial score (nSPS) is 16.4. The van der Waals surface area contributed by atoms with Gasteiger partial charge in [0.15, 0.2) is 0 Å². The second-order valence-electron chi connectivity index (χ2n) is 11.5. The lowest BCUT2D eigenvalue weighted by molar-refractivity contribution is 0.0452. The summed E-state index contributed by atoms with van der Waals surface area (Å²) < 4.78 is 4.31. The lowest BCUT2D eigenvalue weighted by atomic mass is 9.81. The molecule has 7 heteroatoms. The van der Waals surface area contributed by atoms with E-state index in [2.05, 4.69) is 58.8 Å². The number of likely N-dealkylation sites (N-methyl/N-ethyl adjacent to an activating group) is 1. The number of carbonyl (C=O) groups is 1. The maximum absolute atomic E-state index is 13.3. The highest BCUT2D eigenvalue weighted by Gasteiger charge is 2.29. The quantitative estimate of drug-likeness (QED) is 0.254. The lowest BCUT2D eigenvalue weighted by Gasteiger charge is -2.30. The van der Waals surface area contributed by atoms with Gasteiger partial charge in [0, 0.05) is 55.4 Å². The summed E-state index contributed by atoms with van der Waals surface area (Å²) in [5.41, 5.74) is 7.17. The second-order valence-corrected chi connectivity index (χ2v) is 11.9. The van der Waals surface area contributed by atoms with E-state index in [0.717, 1.165) is 38.2 Å². The highest BCUT2D eigenvalue weighted by molar-refractivity contribution is 7.71. The summed E-state index contributed by atoms with van der Waals surface area (Å²) >= 11 is 5.34. The third-order valence-electron chi connectivity index (χ3n) is 8.49. The first-order valence-electron chi connectivity index (χ1n) is 14.5. The van der Waals surface area contributed by atoms with Crippen LogP contribution in [-0.2, 0) is 13.1 Å². The molecule has 3 heterocycles. The van der Waals surface area contributed by atoms with E-state index in [-0.39, 0.29) is 0 Å². The zero-order valence-corrected chi connectivity index (χ0v) is 24.3. The minimum absolute atomic E-state index is 0.405. The molecule has 0 amide bonds. The molecule has 0 bridgehead atoms. The van der Waals surface area contributed by atoms with Crippen molar-refractivity contribution < 1.29 is 9.63 Å². The van der Waals surface area contributed by atoms with Crippen molar-refractivity contribution in [2.45, 2.75) is 51.1 Å². The average Bonchev–Trinajstić information content (AvgIpc) is 3.28. The van der Waals surface area contributed by atoms with Gasteiger partial charge in [0.05, 0.1) is 11.3 Å². The molecule has 0 spiro atoms. The maximum atomic E-state index is 13.3. The van der Waals surface area contributed by atoms with Gasteiger partial charge >= 0.3 is 5.97 Å². The van der Waals surface area contributed by atoms with Gasteiger partial charge in [-0.3, -0.25) is 4.90 Å². The van der Waals surface area contributed by atoms with Crippen molar-refractivity contribution >= 4 is 29.1 Å². The molecule has 0 radical (unpaired) electrons. The number of pyridine rings is 1. The van der Waals surface area contributed by atoms with E-state index in [9.17, 15) is 4.79 Å². The van der Waals surface area contributed by atoms with Crippen molar-refractivity contribution in [2.75, 3.05) is 33.7 Å². The number of hydrogen-bond acceptors (Lipinski definition) is 5. The Hall–Kier alpha value is -3.26. The van der Waals surface area contributed by atoms with Crippen LogP contribution in [-0.4, -0.2) is 58.8 Å². The number of aromatic nitrogens is 2. The SMILES string of the molecule is CN(C)CCN1CCn2c(c(C3CCCCC3)c3ccc(C(=O)On4ccccc4=S)cc32)-c2ccccc2C1. The lowest BCUT2D eigenvalue weighted by Crippen LogP contribution is -2.35. The molecule has 0 saturated heterocycles. The first-order valence-corrected chi connectivity index (χ1v) is 14.9. The minimum atomic E-state index is -0.405. The van der Waals surface area contributed by atoms with E-state index in [1.54, 1.807) is 18.3 Å². The third kappa shape index (κ3) is 5.38. The third-order valence-corrected chi connectivity index (χ3v) is 8.81. The Morgan fingerprint density at radius 2 is 1.80 bits per heavy atom. The molecule has 4 aromatic rings. The Balaban J connectivity index is 1.49. The molecule has 2 aromatic carbocycles. The molecule has 1 fully saturated rings. The predicted octanol–water partition coefficient (Wildman–Crippen LogP) is 6.53. The summed E-state index contributed by atoms with van der Waals surface area (Å²) in [7, 11) is 4.27. The molecule has 0 atom stereocenters. The van der Waals surface area contributed by atoms with Crippen LogP contribution in [0.3, 0.4) is 0 Å². The van der Waals surface area contributed by atoms with Crippen LogP contribution in [0.1, 0.15) is 59.5 Å². The van der Waals surface area contributed by atoms with Crippen molar-refractivity contribution in [1.29, 1.82) is 0 Å². The van der Waals surface area contributed by atoms with Crippen molar-refractivity contribution in [3.05, 3.63) is 88.2 Å². The summed E-state index contributed by atoms with van der Waals surface area (Å²) in [6.45, 7) is 4.82. The van der Waals surface area contributed by atoms with E-state index in [1.807, 2.05) is 18.2 Å². The predicted molar refractivity (Wildman–Crippen MR) is 163 cm³/mol. The van der Waals surface area contributed by atoms with Crippen LogP contribution in [0.5, 0.6) is 0 Å². The highest BCUT2D eigenvalue weighted by atomic mass is 32.1. The van der Waals surface area contributed by atoms with Gasteiger partial charge in [0.2, 0.25) is 0 Å². The zero-order valence-electron chi connectivity index (χ0n) is 23.5. The molecule has 6 rings (SSSR count). The number of nitrogens with zero attached hydrogens (tertiary/aromatic N) is 4. The van der Waals surface area contributed by atoms with E-state index >= 15 is 0 Å². The Bertz CT molecular complexity index is 1580. The Morgan fingerprint density at radius 1 is 1.00 bits per heavy atom. The summed E-state index contributed by atoms with van der Waals surface area (Å²) in [4.78, 5) is 23.8. The highest BCUT2D eigenvalue weighted by Crippen LogP contribution is 2.45. The van der Waals surface area contributed by atoms with Gasteiger partial charge < -0.3 is 14.3 Å². The molecule has 40 heavy (non-hydrogen) atoms. The van der Waals surface area contributed by atoms with Crippen LogP contribution in [0.25, 0.3) is 22.2 Å². The Kier molecular flexibility index (Phi) is 7.87. The fourth-order valence-electron chi connectivity index (χ4n) is 6.44. The Morgan fingerprint density at radius 3 is 2.60 bits per heavy atom. The van der Waals surface area contributed by atoms with Crippen molar-refractivity contribution in [3.63, 3.8) is 0 Å². The molecule has 208 valence electrons. The summed E-state index contributed by atoms with van der Waals surface area (Å²) in [6.07, 6.45) is 7.99. The molecule has 1 saturated carbocycles. The standard InChI is InChI=1S/C33H38N4O2S/c1-34(2)18-19-35-20-21-36-29-22-25(33(38)39-37-17-9-8-14-30(37)40)15-16-28(29)31(24-10-4-3-5-11-24)32(36)27-13-7-6-12-26(27)23-35/h6-9,12-17,22,24H,3-5,10-11,18-21,23H2,1-2H3. The summed E-state index contributed by atoms with van der Waals surface area (Å²) in [6, 6.07) is 20.4. The van der Waals surface area contributed by atoms with Gasteiger partial charge in [-0.1, -0.05) is 67.9 Å². The van der Waals surface area contributed by atoms with Gasteiger partial charge in [-0.2, -0.15) is 4.73 Å². The van der Waals surface area contributed by atoms with Crippen LogP contribution in [0, 0.1) is 4.64 Å². The number of rotatable bonds is 6. The maximum Gasteiger partial charge on any atom is 0.363 e. The van der Waals surface area contributed by atoms with E-state index in [0.29, 0.717) is 16.1 Å². The van der Waals surface area contributed by atoms with E-state index in [1.165, 1.54) is 64.6 Å². The number of benzene rings is 2. The monoisotopic (exact) mass is 554 g/mol. The topological polar surface area (TPSA) is 42.6 Å². The molecular formula is C33H38N4O2S. The number of fused-ring (bicyclic) bond motifs is 5. The molecule has 2 aliphatic rings. The van der Waals surface area contributed by atoms with Gasteiger partial charge in [0.1, 0.15) is 4.64 Å². The van der Waals surface area contributed by atoms with Crippen LogP contribution in [0.4, 0.5) is 0 Å². The zero-order chi connectivity index (χ0) is 27.6. The Labute approximate surface area is 241 Å². The smallest absolute Gasteiger partial charge is 0.339 e. The van der Waals surface area contributed by atoms with Gasteiger partial charge in [-0.05, 0) is 68.2 Å². The van der Waals surface area contributed by atoms with Gasteiger partial charge in [-0.15, -0.1) is 0 Å². The summed E-state index contributed by atoms with van der Waals surface area (Å²) in [5, 5.41) is 1.27. The van der Waals surface area contributed by atoms with Crippen LogP contribution in [0.15, 0.2) is 66.9 Å². The largest absolute Gasteiger partial charge is 0.363 e.